The zero-order chi connectivity index (χ0) is 18.4. The van der Waals surface area contributed by atoms with Crippen molar-refractivity contribution in [2.75, 3.05) is 12.8 Å². The molecule has 2 aromatic carbocycles. The van der Waals surface area contributed by atoms with Gasteiger partial charge in [-0.2, -0.15) is 0 Å². The summed E-state index contributed by atoms with van der Waals surface area (Å²) in [5, 5.41) is 0. The van der Waals surface area contributed by atoms with Gasteiger partial charge < -0.3 is 10.5 Å². The summed E-state index contributed by atoms with van der Waals surface area (Å²) in [6.07, 6.45) is 3.18. The molecule has 0 saturated heterocycles. The van der Waals surface area contributed by atoms with Crippen molar-refractivity contribution >= 4 is 5.82 Å². The molecule has 3 rings (SSSR count). The van der Waals surface area contributed by atoms with Crippen molar-refractivity contribution in [3.8, 4) is 5.75 Å². The predicted molar refractivity (Wildman–Crippen MR) is 108 cm³/mol. The Morgan fingerprint density at radius 3 is 2.23 bits per heavy atom. The topological polar surface area (TPSA) is 48.1 Å². The van der Waals surface area contributed by atoms with Crippen LogP contribution in [-0.4, -0.2) is 12.1 Å². The molecule has 1 heterocycles. The van der Waals surface area contributed by atoms with E-state index >= 15 is 0 Å². The zero-order valence-electron chi connectivity index (χ0n) is 15.5. The van der Waals surface area contributed by atoms with Crippen molar-refractivity contribution in [2.45, 2.75) is 32.1 Å². The van der Waals surface area contributed by atoms with Crippen LogP contribution >= 0.6 is 0 Å². The Kier molecular flexibility index (Phi) is 5.90. The summed E-state index contributed by atoms with van der Waals surface area (Å²) >= 11 is 0. The maximum atomic E-state index is 5.94. The maximum absolute atomic E-state index is 5.94. The van der Waals surface area contributed by atoms with Gasteiger partial charge in [-0.15, -0.1) is 0 Å². The van der Waals surface area contributed by atoms with Gasteiger partial charge in [0.2, 0.25) is 0 Å². The van der Waals surface area contributed by atoms with Gasteiger partial charge in [0.15, 0.2) is 0 Å². The van der Waals surface area contributed by atoms with Crippen molar-refractivity contribution < 1.29 is 4.74 Å². The van der Waals surface area contributed by atoms with E-state index in [1.807, 2.05) is 24.3 Å². The normalized spacial score (nSPS) is 11.9. The molecular formula is C23H26N2O. The fourth-order valence-electron chi connectivity index (χ4n) is 3.26. The minimum Gasteiger partial charge on any atom is -0.497 e. The van der Waals surface area contributed by atoms with Gasteiger partial charge in [0, 0.05) is 5.92 Å². The Bertz CT molecular complexity index is 826. The SMILES string of the molecule is CCCc1ccc(CC(c2ccc(OC)cc2)c2cccc(N)n2)cc1. The number of methoxy groups -OCH3 is 1. The molecule has 26 heavy (non-hydrogen) atoms. The van der Waals surface area contributed by atoms with Gasteiger partial charge >= 0.3 is 0 Å². The molecule has 0 fully saturated rings. The first-order valence-electron chi connectivity index (χ1n) is 9.13. The zero-order valence-corrected chi connectivity index (χ0v) is 15.5. The van der Waals surface area contributed by atoms with E-state index < -0.39 is 0 Å². The second-order valence-electron chi connectivity index (χ2n) is 6.58. The van der Waals surface area contributed by atoms with E-state index in [1.54, 1.807) is 7.11 Å². The van der Waals surface area contributed by atoms with Crippen LogP contribution in [0.4, 0.5) is 5.82 Å². The number of anilines is 1. The summed E-state index contributed by atoms with van der Waals surface area (Å²) in [5.74, 6) is 1.57. The highest BCUT2D eigenvalue weighted by molar-refractivity contribution is 5.39. The number of nitrogens with zero attached hydrogens (tertiary/aromatic N) is 1. The van der Waals surface area contributed by atoms with Crippen LogP contribution in [0.25, 0.3) is 0 Å². The lowest BCUT2D eigenvalue weighted by Gasteiger charge is -2.18. The van der Waals surface area contributed by atoms with E-state index in [1.165, 1.54) is 23.1 Å². The first-order chi connectivity index (χ1) is 12.7. The molecule has 0 aliphatic heterocycles. The third kappa shape index (κ3) is 4.42. The Labute approximate surface area is 155 Å². The largest absolute Gasteiger partial charge is 0.497 e. The van der Waals surface area contributed by atoms with E-state index in [0.717, 1.165) is 24.3 Å². The van der Waals surface area contributed by atoms with Crippen LogP contribution < -0.4 is 10.5 Å². The van der Waals surface area contributed by atoms with Gasteiger partial charge in [-0.1, -0.05) is 55.8 Å². The van der Waals surface area contributed by atoms with Crippen LogP contribution in [0.1, 0.15) is 41.6 Å². The van der Waals surface area contributed by atoms with E-state index in [4.69, 9.17) is 10.5 Å². The fourth-order valence-corrected chi connectivity index (χ4v) is 3.26. The molecule has 2 N–H and O–H groups in total. The average molecular weight is 346 g/mol. The van der Waals surface area contributed by atoms with Crippen LogP contribution in [0.15, 0.2) is 66.7 Å². The number of nitrogens with two attached hydrogens (primary N) is 1. The highest BCUT2D eigenvalue weighted by Gasteiger charge is 2.17. The van der Waals surface area contributed by atoms with E-state index in [0.29, 0.717) is 5.82 Å². The summed E-state index contributed by atoms with van der Waals surface area (Å²) < 4.78 is 5.29. The third-order valence-electron chi connectivity index (χ3n) is 4.67. The molecule has 3 aromatic rings. The van der Waals surface area contributed by atoms with Gasteiger partial charge in [0.05, 0.1) is 12.8 Å². The molecule has 1 atom stereocenters. The van der Waals surface area contributed by atoms with E-state index in [9.17, 15) is 0 Å². The van der Waals surface area contributed by atoms with Gasteiger partial charge in [-0.3, -0.25) is 0 Å². The van der Waals surface area contributed by atoms with Crippen LogP contribution in [0.2, 0.25) is 0 Å². The van der Waals surface area contributed by atoms with Crippen molar-refractivity contribution in [2.24, 2.45) is 0 Å². The van der Waals surface area contributed by atoms with Crippen LogP contribution in [0, 0.1) is 0 Å². The molecule has 0 radical (unpaired) electrons. The number of pyridine rings is 1. The quantitative estimate of drug-likeness (QED) is 0.655. The van der Waals surface area contributed by atoms with Gasteiger partial charge in [-0.05, 0) is 53.8 Å². The molecule has 0 aliphatic rings. The average Bonchev–Trinajstić information content (AvgIpc) is 2.68. The first-order valence-corrected chi connectivity index (χ1v) is 9.13. The Morgan fingerprint density at radius 1 is 0.923 bits per heavy atom. The molecule has 134 valence electrons. The van der Waals surface area contributed by atoms with E-state index in [-0.39, 0.29) is 5.92 Å². The molecule has 3 nitrogen and oxygen atoms in total. The Balaban J connectivity index is 1.91. The monoisotopic (exact) mass is 346 g/mol. The van der Waals surface area contributed by atoms with Crippen molar-refractivity contribution in [3.63, 3.8) is 0 Å². The number of hydrogen-bond donors (Lipinski definition) is 1. The smallest absolute Gasteiger partial charge is 0.123 e. The molecule has 1 unspecified atom stereocenters. The van der Waals surface area contributed by atoms with Gasteiger partial charge in [-0.25, -0.2) is 4.98 Å². The molecular weight excluding hydrogens is 320 g/mol. The summed E-state index contributed by atoms with van der Waals surface area (Å²) in [4.78, 5) is 4.58. The number of aromatic nitrogens is 1. The predicted octanol–water partition coefficient (Wildman–Crippen LogP) is 5.00. The first kappa shape index (κ1) is 18.0. The molecule has 1 aromatic heterocycles. The highest BCUT2D eigenvalue weighted by Crippen LogP contribution is 2.29. The third-order valence-corrected chi connectivity index (χ3v) is 4.67. The van der Waals surface area contributed by atoms with Crippen molar-refractivity contribution in [1.82, 2.24) is 4.98 Å². The number of hydrogen-bond acceptors (Lipinski definition) is 3. The maximum Gasteiger partial charge on any atom is 0.123 e. The van der Waals surface area contributed by atoms with Crippen LogP contribution in [0.3, 0.4) is 0 Å². The standard InChI is InChI=1S/C23H26N2O/c1-3-5-17-8-10-18(11-9-17)16-21(22-6-4-7-23(24)25-22)19-12-14-20(26-2)15-13-19/h4,6-15,21H,3,5,16H2,1-2H3,(H2,24,25). The number of aryl methyl sites for hydroxylation is 1. The number of ether oxygens (including phenoxy) is 1. The van der Waals surface area contributed by atoms with Crippen LogP contribution in [0.5, 0.6) is 5.75 Å². The summed E-state index contributed by atoms with van der Waals surface area (Å²) in [6.45, 7) is 2.21. The summed E-state index contributed by atoms with van der Waals surface area (Å²) in [6, 6.07) is 23.0. The van der Waals surface area contributed by atoms with Gasteiger partial charge in [0.1, 0.15) is 11.6 Å². The lowest BCUT2D eigenvalue weighted by atomic mass is 9.88. The minimum absolute atomic E-state index is 0.154. The summed E-state index contributed by atoms with van der Waals surface area (Å²) in [5.41, 5.74) is 10.8. The molecule has 0 aliphatic carbocycles. The Morgan fingerprint density at radius 2 is 1.62 bits per heavy atom. The molecule has 0 amide bonds. The number of rotatable bonds is 7. The number of nitrogen functional groups attached to an aromatic ring is 1. The van der Waals surface area contributed by atoms with Gasteiger partial charge in [0.25, 0.3) is 0 Å². The molecule has 3 heteroatoms. The van der Waals surface area contributed by atoms with E-state index in [2.05, 4.69) is 54.4 Å². The molecule has 0 saturated carbocycles. The molecule has 0 bridgehead atoms. The lowest BCUT2D eigenvalue weighted by Crippen LogP contribution is -2.08. The molecule has 0 spiro atoms. The fraction of sp³-hybridized carbons (Fsp3) is 0.261. The summed E-state index contributed by atoms with van der Waals surface area (Å²) in [7, 11) is 1.68. The van der Waals surface area contributed by atoms with Crippen molar-refractivity contribution in [3.05, 3.63) is 89.1 Å². The highest BCUT2D eigenvalue weighted by atomic mass is 16.5. The minimum atomic E-state index is 0.154. The van der Waals surface area contributed by atoms with Crippen LogP contribution in [-0.2, 0) is 12.8 Å². The Hall–Kier alpha value is -2.81. The second kappa shape index (κ2) is 8.52. The number of benzene rings is 2. The lowest BCUT2D eigenvalue weighted by molar-refractivity contribution is 0.414. The second-order valence-corrected chi connectivity index (χ2v) is 6.58. The van der Waals surface area contributed by atoms with Crippen molar-refractivity contribution in [1.29, 1.82) is 0 Å².